The number of benzene rings is 1. The van der Waals surface area contributed by atoms with E-state index in [4.69, 9.17) is 0 Å². The van der Waals surface area contributed by atoms with E-state index in [2.05, 4.69) is 20.1 Å². The Morgan fingerprint density at radius 1 is 1.04 bits per heavy atom. The molecule has 28 heavy (non-hydrogen) atoms. The van der Waals surface area contributed by atoms with Gasteiger partial charge in [0.15, 0.2) is 0 Å². The predicted molar refractivity (Wildman–Crippen MR) is 107 cm³/mol. The molecule has 1 aromatic heterocycles. The van der Waals surface area contributed by atoms with Crippen LogP contribution in [0.3, 0.4) is 0 Å². The predicted octanol–water partition coefficient (Wildman–Crippen LogP) is 1.41. The van der Waals surface area contributed by atoms with Gasteiger partial charge in [-0.05, 0) is 17.7 Å². The summed E-state index contributed by atoms with van der Waals surface area (Å²) in [6.45, 7) is 4.07. The maximum Gasteiger partial charge on any atom is 0.326 e. The second-order valence-corrected chi connectivity index (χ2v) is 6.91. The highest BCUT2D eigenvalue weighted by Crippen LogP contribution is 2.12. The van der Waals surface area contributed by atoms with Crippen molar-refractivity contribution in [2.45, 2.75) is 18.9 Å². The molecule has 3 rings (SSSR count). The summed E-state index contributed by atoms with van der Waals surface area (Å²) in [5, 5.41) is 12.1. The molecule has 1 aliphatic rings. The number of hydrogen-bond acceptors (Lipinski definition) is 5. The second kappa shape index (κ2) is 9.85. The van der Waals surface area contributed by atoms with Crippen molar-refractivity contribution in [1.82, 2.24) is 15.2 Å². The number of carboxylic acids is 1. The highest BCUT2D eigenvalue weighted by Gasteiger charge is 2.22. The first-order chi connectivity index (χ1) is 13.6. The molecule has 0 radical (unpaired) electrons. The van der Waals surface area contributed by atoms with E-state index in [9.17, 15) is 14.7 Å². The van der Waals surface area contributed by atoms with Crippen LogP contribution in [0.2, 0.25) is 0 Å². The van der Waals surface area contributed by atoms with Gasteiger partial charge in [0.1, 0.15) is 11.9 Å². The lowest BCUT2D eigenvalue weighted by Gasteiger charge is -2.35. The van der Waals surface area contributed by atoms with Gasteiger partial charge in [-0.2, -0.15) is 0 Å². The summed E-state index contributed by atoms with van der Waals surface area (Å²) in [5.41, 5.74) is 0.890. The molecule has 7 nitrogen and oxygen atoms in total. The zero-order chi connectivity index (χ0) is 19.8. The minimum Gasteiger partial charge on any atom is -0.480 e. The average Bonchev–Trinajstić information content (AvgIpc) is 2.73. The summed E-state index contributed by atoms with van der Waals surface area (Å²) in [5.74, 6) is -0.262. The average molecular weight is 382 g/mol. The molecular weight excluding hydrogens is 356 g/mol. The topological polar surface area (TPSA) is 85.8 Å². The van der Waals surface area contributed by atoms with Gasteiger partial charge >= 0.3 is 5.97 Å². The van der Waals surface area contributed by atoms with Crippen molar-refractivity contribution >= 4 is 17.7 Å². The number of aromatic nitrogens is 1. The number of amides is 1. The maximum atomic E-state index is 12.3. The molecule has 2 aromatic rings. The van der Waals surface area contributed by atoms with Crippen LogP contribution in [0.4, 0.5) is 5.82 Å². The molecule has 1 saturated heterocycles. The van der Waals surface area contributed by atoms with E-state index in [0.717, 1.165) is 37.6 Å². The Morgan fingerprint density at radius 3 is 2.39 bits per heavy atom. The van der Waals surface area contributed by atoms with Crippen molar-refractivity contribution in [3.63, 3.8) is 0 Å². The van der Waals surface area contributed by atoms with Crippen LogP contribution in [-0.2, 0) is 16.0 Å². The molecule has 0 bridgehead atoms. The SMILES string of the molecule is O=C(CCN1CCN(c2ccccn2)CC1)N[C@H](Cc1ccccc1)C(=O)O. The summed E-state index contributed by atoms with van der Waals surface area (Å²) in [6, 6.07) is 14.3. The molecule has 2 heterocycles. The first-order valence-electron chi connectivity index (χ1n) is 9.56. The molecule has 1 aromatic carbocycles. The Hall–Kier alpha value is -2.93. The maximum absolute atomic E-state index is 12.3. The Bertz CT molecular complexity index is 762. The van der Waals surface area contributed by atoms with Crippen LogP contribution in [-0.4, -0.2) is 65.6 Å². The molecule has 0 aliphatic carbocycles. The number of piperazine rings is 1. The number of rotatable bonds is 8. The number of nitrogens with zero attached hydrogens (tertiary/aromatic N) is 3. The number of anilines is 1. The third-order valence-corrected chi connectivity index (χ3v) is 4.92. The van der Waals surface area contributed by atoms with E-state index in [1.165, 1.54) is 0 Å². The van der Waals surface area contributed by atoms with Crippen LogP contribution >= 0.6 is 0 Å². The van der Waals surface area contributed by atoms with Gasteiger partial charge in [-0.3, -0.25) is 9.69 Å². The molecule has 1 fully saturated rings. The molecule has 0 saturated carbocycles. The quantitative estimate of drug-likeness (QED) is 0.718. The van der Waals surface area contributed by atoms with Gasteiger partial charge in [0, 0.05) is 51.8 Å². The Labute approximate surface area is 165 Å². The van der Waals surface area contributed by atoms with E-state index in [1.807, 2.05) is 48.5 Å². The van der Waals surface area contributed by atoms with Crippen molar-refractivity contribution < 1.29 is 14.7 Å². The summed E-state index contributed by atoms with van der Waals surface area (Å²) in [4.78, 5) is 32.6. The fraction of sp³-hybridized carbons (Fsp3) is 0.381. The van der Waals surface area contributed by atoms with Gasteiger partial charge in [0.05, 0.1) is 0 Å². The lowest BCUT2D eigenvalue weighted by molar-refractivity contribution is -0.141. The van der Waals surface area contributed by atoms with Crippen molar-refractivity contribution in [1.29, 1.82) is 0 Å². The van der Waals surface area contributed by atoms with E-state index >= 15 is 0 Å². The van der Waals surface area contributed by atoms with Crippen LogP contribution in [0.25, 0.3) is 0 Å². The van der Waals surface area contributed by atoms with E-state index < -0.39 is 12.0 Å². The van der Waals surface area contributed by atoms with E-state index in [0.29, 0.717) is 13.0 Å². The van der Waals surface area contributed by atoms with Crippen molar-refractivity contribution in [3.8, 4) is 0 Å². The number of pyridine rings is 1. The third kappa shape index (κ3) is 5.79. The molecular formula is C21H26N4O3. The van der Waals surface area contributed by atoms with Gasteiger partial charge < -0.3 is 15.3 Å². The van der Waals surface area contributed by atoms with Crippen molar-refractivity contribution in [2.24, 2.45) is 0 Å². The minimum absolute atomic E-state index is 0.226. The van der Waals surface area contributed by atoms with Crippen molar-refractivity contribution in [2.75, 3.05) is 37.6 Å². The number of carbonyl (C=O) groups excluding carboxylic acids is 1. The van der Waals surface area contributed by atoms with Gasteiger partial charge in [0.25, 0.3) is 0 Å². The molecule has 1 amide bonds. The van der Waals surface area contributed by atoms with Crippen LogP contribution in [0.5, 0.6) is 0 Å². The smallest absolute Gasteiger partial charge is 0.326 e. The van der Waals surface area contributed by atoms with Gasteiger partial charge in [0.2, 0.25) is 5.91 Å². The summed E-state index contributed by atoms with van der Waals surface area (Å²) in [7, 11) is 0. The largest absolute Gasteiger partial charge is 0.480 e. The number of carboxylic acid groups (broad SMARTS) is 1. The standard InChI is InChI=1S/C21H26N4O3/c26-20(23-18(21(27)28)16-17-6-2-1-3-7-17)9-11-24-12-14-25(15-13-24)19-8-4-5-10-22-19/h1-8,10,18H,9,11-16H2,(H,23,26)(H,27,28)/t18-/m1/s1. The van der Waals surface area contributed by atoms with Crippen molar-refractivity contribution in [3.05, 3.63) is 60.3 Å². The fourth-order valence-corrected chi connectivity index (χ4v) is 3.32. The van der Waals surface area contributed by atoms with Gasteiger partial charge in [-0.25, -0.2) is 9.78 Å². The zero-order valence-corrected chi connectivity index (χ0v) is 15.8. The highest BCUT2D eigenvalue weighted by molar-refractivity contribution is 5.83. The minimum atomic E-state index is -1.01. The lowest BCUT2D eigenvalue weighted by Crippen LogP contribution is -2.48. The zero-order valence-electron chi connectivity index (χ0n) is 15.8. The first kappa shape index (κ1) is 19.8. The van der Waals surface area contributed by atoms with Crippen LogP contribution in [0.15, 0.2) is 54.7 Å². The third-order valence-electron chi connectivity index (χ3n) is 4.92. The number of carbonyl (C=O) groups is 2. The molecule has 2 N–H and O–H groups in total. The summed E-state index contributed by atoms with van der Waals surface area (Å²) < 4.78 is 0. The summed E-state index contributed by atoms with van der Waals surface area (Å²) in [6.07, 6.45) is 2.37. The number of nitrogens with one attached hydrogen (secondary N) is 1. The second-order valence-electron chi connectivity index (χ2n) is 6.91. The molecule has 0 unspecified atom stereocenters. The van der Waals surface area contributed by atoms with Crippen LogP contribution < -0.4 is 10.2 Å². The molecule has 148 valence electrons. The van der Waals surface area contributed by atoms with Crippen LogP contribution in [0, 0.1) is 0 Å². The first-order valence-corrected chi connectivity index (χ1v) is 9.56. The lowest BCUT2D eigenvalue weighted by atomic mass is 10.1. The van der Waals surface area contributed by atoms with E-state index in [-0.39, 0.29) is 12.3 Å². The normalized spacial score (nSPS) is 15.8. The van der Waals surface area contributed by atoms with Gasteiger partial charge in [-0.1, -0.05) is 36.4 Å². The van der Waals surface area contributed by atoms with Gasteiger partial charge in [-0.15, -0.1) is 0 Å². The number of hydrogen-bond donors (Lipinski definition) is 2. The molecule has 1 atom stereocenters. The highest BCUT2D eigenvalue weighted by atomic mass is 16.4. The summed E-state index contributed by atoms with van der Waals surface area (Å²) >= 11 is 0. The molecule has 0 spiro atoms. The van der Waals surface area contributed by atoms with E-state index in [1.54, 1.807) is 6.20 Å². The fourth-order valence-electron chi connectivity index (χ4n) is 3.32. The Balaban J connectivity index is 1.42. The van der Waals surface area contributed by atoms with Crippen LogP contribution in [0.1, 0.15) is 12.0 Å². The molecule has 7 heteroatoms. The Morgan fingerprint density at radius 2 is 1.75 bits per heavy atom. The number of aliphatic carboxylic acids is 1. The monoisotopic (exact) mass is 382 g/mol. The Kier molecular flexibility index (Phi) is 6.97. The molecule has 1 aliphatic heterocycles.